The number of carbonyl (C=O) groups is 2. The fraction of sp³-hybridized carbons (Fsp3) is 0.722. The van der Waals surface area contributed by atoms with E-state index >= 15 is 0 Å². The van der Waals surface area contributed by atoms with Crippen LogP contribution in [-0.2, 0) is 27.8 Å². The molecule has 0 radical (unpaired) electrons. The van der Waals surface area contributed by atoms with Crippen LogP contribution in [0.2, 0.25) is 0 Å². The summed E-state index contributed by atoms with van der Waals surface area (Å²) >= 11 is 0. The molecule has 6 nitrogen and oxygen atoms in total. The van der Waals surface area contributed by atoms with Crippen molar-refractivity contribution in [1.29, 1.82) is 0 Å². The lowest BCUT2D eigenvalue weighted by atomic mass is 9.86. The molecule has 1 aromatic rings. The number of aryl methyl sites for hydroxylation is 2. The van der Waals surface area contributed by atoms with Gasteiger partial charge in [-0.15, -0.1) is 0 Å². The number of amides is 1. The van der Waals surface area contributed by atoms with Gasteiger partial charge in [0.2, 0.25) is 5.91 Å². The van der Waals surface area contributed by atoms with Crippen LogP contribution in [-0.4, -0.2) is 46.8 Å². The minimum Gasteiger partial charge on any atom is -0.469 e. The SMILES string of the molecule is COC(=O)[C@@H]1CCN(C(=O)[C@@H](C)Cc2c(C)nn(C)c2C)C[C@@H]1C. The van der Waals surface area contributed by atoms with Gasteiger partial charge in [0.1, 0.15) is 0 Å². The number of piperidine rings is 1. The number of esters is 1. The lowest BCUT2D eigenvalue weighted by Crippen LogP contribution is -2.47. The highest BCUT2D eigenvalue weighted by Crippen LogP contribution is 2.26. The van der Waals surface area contributed by atoms with Crippen LogP contribution < -0.4 is 0 Å². The second kappa shape index (κ2) is 7.36. The minimum absolute atomic E-state index is 0.0894. The number of likely N-dealkylation sites (tertiary alicyclic amines) is 1. The molecule has 0 unspecified atom stereocenters. The third-order valence-electron chi connectivity index (χ3n) is 5.31. The number of hydrogen-bond acceptors (Lipinski definition) is 4. The van der Waals surface area contributed by atoms with Gasteiger partial charge in [-0.05, 0) is 38.2 Å². The van der Waals surface area contributed by atoms with E-state index in [0.717, 1.165) is 17.0 Å². The summed E-state index contributed by atoms with van der Waals surface area (Å²) in [6, 6.07) is 0. The van der Waals surface area contributed by atoms with Gasteiger partial charge in [0, 0.05) is 31.7 Å². The van der Waals surface area contributed by atoms with Gasteiger partial charge < -0.3 is 9.64 Å². The van der Waals surface area contributed by atoms with Gasteiger partial charge in [-0.25, -0.2) is 0 Å². The van der Waals surface area contributed by atoms with Crippen molar-refractivity contribution in [3.63, 3.8) is 0 Å². The predicted octanol–water partition coefficient (Wildman–Crippen LogP) is 1.87. The number of methoxy groups -OCH3 is 1. The molecule has 1 aliphatic rings. The summed E-state index contributed by atoms with van der Waals surface area (Å²) in [4.78, 5) is 26.5. The van der Waals surface area contributed by atoms with E-state index < -0.39 is 0 Å². The van der Waals surface area contributed by atoms with Crippen LogP contribution in [0.25, 0.3) is 0 Å². The maximum absolute atomic E-state index is 12.8. The average Bonchev–Trinajstić information content (AvgIpc) is 2.79. The van der Waals surface area contributed by atoms with Crippen molar-refractivity contribution in [2.24, 2.45) is 24.8 Å². The number of aromatic nitrogens is 2. The first-order chi connectivity index (χ1) is 11.3. The molecule has 3 atom stereocenters. The number of carbonyl (C=O) groups excluding carboxylic acids is 2. The number of nitrogens with zero attached hydrogens (tertiary/aromatic N) is 3. The van der Waals surface area contributed by atoms with Gasteiger partial charge in [-0.1, -0.05) is 13.8 Å². The standard InChI is InChI=1S/C18H29N3O3/c1-11(9-16-13(3)19-20(5)14(16)4)17(22)21-8-7-15(12(2)10-21)18(23)24-6/h11-12,15H,7-10H2,1-6H3/t11-,12-,15+/m0/s1. The molecule has 1 aliphatic heterocycles. The fourth-order valence-corrected chi connectivity index (χ4v) is 3.67. The van der Waals surface area contributed by atoms with E-state index in [1.54, 1.807) is 0 Å². The zero-order valence-electron chi connectivity index (χ0n) is 15.6. The molecule has 1 aromatic heterocycles. The van der Waals surface area contributed by atoms with Crippen molar-refractivity contribution in [1.82, 2.24) is 14.7 Å². The Morgan fingerprint density at radius 1 is 1.38 bits per heavy atom. The number of rotatable bonds is 4. The van der Waals surface area contributed by atoms with Gasteiger partial charge in [0.15, 0.2) is 0 Å². The highest BCUT2D eigenvalue weighted by Gasteiger charge is 2.35. The Bertz CT molecular complexity index is 623. The molecule has 1 saturated heterocycles. The molecule has 1 amide bonds. The molecular weight excluding hydrogens is 306 g/mol. The van der Waals surface area contributed by atoms with Crippen molar-refractivity contribution in [2.45, 2.75) is 40.5 Å². The lowest BCUT2D eigenvalue weighted by molar-refractivity contribution is -0.152. The molecular formula is C18H29N3O3. The molecule has 0 spiro atoms. The van der Waals surface area contributed by atoms with Crippen molar-refractivity contribution >= 4 is 11.9 Å². The molecule has 24 heavy (non-hydrogen) atoms. The summed E-state index contributed by atoms with van der Waals surface area (Å²) < 4.78 is 6.73. The average molecular weight is 335 g/mol. The molecule has 2 heterocycles. The van der Waals surface area contributed by atoms with Gasteiger partial charge >= 0.3 is 5.97 Å². The van der Waals surface area contributed by atoms with Crippen LogP contribution >= 0.6 is 0 Å². The molecule has 0 aromatic carbocycles. The Morgan fingerprint density at radius 3 is 2.54 bits per heavy atom. The normalized spacial score (nSPS) is 22.3. The molecule has 0 saturated carbocycles. The quantitative estimate of drug-likeness (QED) is 0.788. The van der Waals surface area contributed by atoms with E-state index in [-0.39, 0.29) is 29.6 Å². The minimum atomic E-state index is -0.163. The van der Waals surface area contributed by atoms with Crippen LogP contribution in [0.3, 0.4) is 0 Å². The summed E-state index contributed by atoms with van der Waals surface area (Å²) in [5.41, 5.74) is 3.27. The number of ether oxygens (including phenoxy) is 1. The smallest absolute Gasteiger partial charge is 0.309 e. The van der Waals surface area contributed by atoms with Gasteiger partial charge in [0.05, 0.1) is 18.7 Å². The number of hydrogen-bond donors (Lipinski definition) is 0. The topological polar surface area (TPSA) is 64.4 Å². The van der Waals surface area contributed by atoms with Crippen LogP contribution in [0.1, 0.15) is 37.2 Å². The summed E-state index contributed by atoms with van der Waals surface area (Å²) in [7, 11) is 3.35. The van der Waals surface area contributed by atoms with Crippen molar-refractivity contribution in [3.8, 4) is 0 Å². The largest absolute Gasteiger partial charge is 0.469 e. The van der Waals surface area contributed by atoms with Gasteiger partial charge in [0.25, 0.3) is 0 Å². The predicted molar refractivity (Wildman–Crippen MR) is 91.4 cm³/mol. The van der Waals surface area contributed by atoms with Crippen LogP contribution in [0, 0.1) is 31.6 Å². The molecule has 0 bridgehead atoms. The molecule has 2 rings (SSSR count). The van der Waals surface area contributed by atoms with Crippen molar-refractivity contribution < 1.29 is 14.3 Å². The Kier molecular flexibility index (Phi) is 5.67. The second-order valence-electron chi connectivity index (χ2n) is 7.06. The van der Waals surface area contributed by atoms with Crippen LogP contribution in [0.4, 0.5) is 0 Å². The van der Waals surface area contributed by atoms with E-state index in [0.29, 0.717) is 25.9 Å². The van der Waals surface area contributed by atoms with E-state index in [2.05, 4.69) is 5.10 Å². The highest BCUT2D eigenvalue weighted by molar-refractivity contribution is 5.79. The van der Waals surface area contributed by atoms with Crippen LogP contribution in [0.5, 0.6) is 0 Å². The Labute approximate surface area is 144 Å². The first-order valence-electron chi connectivity index (χ1n) is 8.61. The monoisotopic (exact) mass is 335 g/mol. The van der Waals surface area contributed by atoms with E-state index in [1.165, 1.54) is 7.11 Å². The van der Waals surface area contributed by atoms with Crippen LogP contribution in [0.15, 0.2) is 0 Å². The summed E-state index contributed by atoms with van der Waals surface area (Å²) in [6.07, 6.45) is 1.38. The second-order valence-corrected chi connectivity index (χ2v) is 7.06. The van der Waals surface area contributed by atoms with Crippen molar-refractivity contribution in [2.75, 3.05) is 20.2 Å². The third-order valence-corrected chi connectivity index (χ3v) is 5.31. The van der Waals surface area contributed by atoms with Gasteiger partial charge in [-0.2, -0.15) is 5.10 Å². The summed E-state index contributed by atoms with van der Waals surface area (Å²) in [5, 5.41) is 4.43. The maximum Gasteiger partial charge on any atom is 0.309 e. The Balaban J connectivity index is 2.00. The first-order valence-corrected chi connectivity index (χ1v) is 8.61. The summed E-state index contributed by atoms with van der Waals surface area (Å²) in [6.45, 7) is 9.26. The van der Waals surface area contributed by atoms with E-state index in [9.17, 15) is 9.59 Å². The Morgan fingerprint density at radius 2 is 2.04 bits per heavy atom. The molecule has 6 heteroatoms. The third kappa shape index (κ3) is 3.62. The molecule has 1 fully saturated rings. The van der Waals surface area contributed by atoms with Gasteiger partial charge in [-0.3, -0.25) is 14.3 Å². The molecule has 0 N–H and O–H groups in total. The zero-order valence-corrected chi connectivity index (χ0v) is 15.6. The lowest BCUT2D eigenvalue weighted by Gasteiger charge is -2.36. The zero-order chi connectivity index (χ0) is 18.0. The Hall–Kier alpha value is -1.85. The molecule has 0 aliphatic carbocycles. The summed E-state index contributed by atoms with van der Waals surface area (Å²) in [5.74, 6) is -0.0630. The maximum atomic E-state index is 12.8. The first kappa shape index (κ1) is 18.5. The fourth-order valence-electron chi connectivity index (χ4n) is 3.67. The molecule has 134 valence electrons. The van der Waals surface area contributed by atoms with E-state index in [4.69, 9.17) is 4.74 Å². The highest BCUT2D eigenvalue weighted by atomic mass is 16.5. The van der Waals surface area contributed by atoms with Crippen molar-refractivity contribution in [3.05, 3.63) is 17.0 Å². The van der Waals surface area contributed by atoms with E-state index in [1.807, 2.05) is 44.3 Å².